The van der Waals surface area contributed by atoms with Crippen molar-refractivity contribution in [3.8, 4) is 5.75 Å². The molecule has 21 heavy (non-hydrogen) atoms. The molecular weight excluding hydrogens is 269 g/mol. The smallest absolute Gasteiger partial charge is 0.261 e. The van der Waals surface area contributed by atoms with Crippen LogP contribution in [0.2, 0.25) is 0 Å². The Morgan fingerprint density at radius 1 is 1.24 bits per heavy atom. The number of ether oxygens (including phenoxy) is 1. The van der Waals surface area contributed by atoms with Crippen molar-refractivity contribution in [3.05, 3.63) is 65.5 Å². The Labute approximate surface area is 123 Å². The van der Waals surface area contributed by atoms with Crippen LogP contribution in [-0.2, 0) is 11.3 Å². The summed E-state index contributed by atoms with van der Waals surface area (Å²) in [4.78, 5) is 11.9. The van der Waals surface area contributed by atoms with Crippen molar-refractivity contribution in [3.63, 3.8) is 0 Å². The van der Waals surface area contributed by atoms with Crippen molar-refractivity contribution in [1.82, 2.24) is 5.32 Å². The molecule has 4 heteroatoms. The molecule has 0 aliphatic heterocycles. The fraction of sp³-hybridized carbons (Fsp3) is 0.235. The molecule has 0 fully saturated rings. The fourth-order valence-corrected chi connectivity index (χ4v) is 1.84. The van der Waals surface area contributed by atoms with Gasteiger partial charge in [-0.05, 0) is 43.2 Å². The van der Waals surface area contributed by atoms with Gasteiger partial charge in [0.25, 0.3) is 5.91 Å². The van der Waals surface area contributed by atoms with E-state index in [1.807, 2.05) is 18.2 Å². The van der Waals surface area contributed by atoms with Crippen molar-refractivity contribution in [2.75, 3.05) is 0 Å². The van der Waals surface area contributed by atoms with E-state index in [0.29, 0.717) is 11.3 Å². The summed E-state index contributed by atoms with van der Waals surface area (Å²) < 4.78 is 18.9. The van der Waals surface area contributed by atoms with Crippen LogP contribution in [0, 0.1) is 12.7 Å². The van der Waals surface area contributed by atoms with E-state index in [9.17, 15) is 9.18 Å². The molecule has 0 radical (unpaired) electrons. The molecule has 110 valence electrons. The number of benzene rings is 2. The van der Waals surface area contributed by atoms with Crippen LogP contribution in [0.5, 0.6) is 5.75 Å². The van der Waals surface area contributed by atoms with E-state index in [4.69, 9.17) is 4.74 Å². The van der Waals surface area contributed by atoms with E-state index in [-0.39, 0.29) is 18.3 Å². The summed E-state index contributed by atoms with van der Waals surface area (Å²) in [7, 11) is 0. The standard InChI is InChI=1S/C17H18FNO2/c1-12-8-9-14(10-16(12)18)11-19-17(20)13(2)21-15-6-4-3-5-7-15/h3-10,13H,11H2,1-2H3,(H,19,20). The number of aryl methyl sites for hydroxylation is 1. The van der Waals surface area contributed by atoms with Crippen molar-refractivity contribution in [2.45, 2.75) is 26.5 Å². The van der Waals surface area contributed by atoms with Crippen molar-refractivity contribution >= 4 is 5.91 Å². The number of amides is 1. The van der Waals surface area contributed by atoms with Gasteiger partial charge in [0, 0.05) is 6.54 Å². The van der Waals surface area contributed by atoms with Gasteiger partial charge in [-0.25, -0.2) is 4.39 Å². The number of para-hydroxylation sites is 1. The molecule has 2 rings (SSSR count). The summed E-state index contributed by atoms with van der Waals surface area (Å²) in [5.74, 6) is 0.136. The molecule has 0 aliphatic carbocycles. The van der Waals surface area contributed by atoms with E-state index < -0.39 is 6.10 Å². The Morgan fingerprint density at radius 3 is 2.62 bits per heavy atom. The highest BCUT2D eigenvalue weighted by Gasteiger charge is 2.14. The molecule has 1 atom stereocenters. The highest BCUT2D eigenvalue weighted by Crippen LogP contribution is 2.11. The SMILES string of the molecule is Cc1ccc(CNC(=O)C(C)Oc2ccccc2)cc1F. The molecule has 0 heterocycles. The zero-order chi connectivity index (χ0) is 15.2. The first-order valence-electron chi connectivity index (χ1n) is 6.80. The Hall–Kier alpha value is -2.36. The monoisotopic (exact) mass is 287 g/mol. The summed E-state index contributed by atoms with van der Waals surface area (Å²) in [6.45, 7) is 3.66. The van der Waals surface area contributed by atoms with E-state index >= 15 is 0 Å². The van der Waals surface area contributed by atoms with Crippen LogP contribution in [0.1, 0.15) is 18.1 Å². The van der Waals surface area contributed by atoms with Gasteiger partial charge >= 0.3 is 0 Å². The van der Waals surface area contributed by atoms with Crippen molar-refractivity contribution in [2.24, 2.45) is 0 Å². The Morgan fingerprint density at radius 2 is 1.95 bits per heavy atom. The van der Waals surface area contributed by atoms with Gasteiger partial charge in [-0.3, -0.25) is 4.79 Å². The largest absolute Gasteiger partial charge is 0.481 e. The molecule has 0 saturated carbocycles. The molecule has 2 aromatic carbocycles. The molecule has 0 spiro atoms. The molecule has 0 bridgehead atoms. The van der Waals surface area contributed by atoms with E-state index in [0.717, 1.165) is 5.56 Å². The van der Waals surface area contributed by atoms with E-state index in [2.05, 4.69) is 5.32 Å². The highest BCUT2D eigenvalue weighted by atomic mass is 19.1. The lowest BCUT2D eigenvalue weighted by Crippen LogP contribution is -2.35. The lowest BCUT2D eigenvalue weighted by molar-refractivity contribution is -0.127. The minimum Gasteiger partial charge on any atom is -0.481 e. The average Bonchev–Trinajstić information content (AvgIpc) is 2.49. The quantitative estimate of drug-likeness (QED) is 0.917. The van der Waals surface area contributed by atoms with Crippen LogP contribution in [0.25, 0.3) is 0 Å². The Kier molecular flexibility index (Phi) is 4.93. The third kappa shape index (κ3) is 4.31. The average molecular weight is 287 g/mol. The molecule has 0 aliphatic rings. The zero-order valence-electron chi connectivity index (χ0n) is 12.1. The van der Waals surface area contributed by atoms with Gasteiger partial charge < -0.3 is 10.1 Å². The number of carbonyl (C=O) groups excluding carboxylic acids is 1. The second kappa shape index (κ2) is 6.88. The van der Waals surface area contributed by atoms with Gasteiger partial charge in [0.05, 0.1) is 0 Å². The molecule has 1 amide bonds. The second-order valence-electron chi connectivity index (χ2n) is 4.87. The molecule has 1 N–H and O–H groups in total. The second-order valence-corrected chi connectivity index (χ2v) is 4.87. The molecule has 1 unspecified atom stereocenters. The molecule has 3 nitrogen and oxygen atoms in total. The topological polar surface area (TPSA) is 38.3 Å². The molecular formula is C17H18FNO2. The van der Waals surface area contributed by atoms with Gasteiger partial charge in [0.1, 0.15) is 11.6 Å². The van der Waals surface area contributed by atoms with Crippen LogP contribution < -0.4 is 10.1 Å². The van der Waals surface area contributed by atoms with Gasteiger partial charge in [-0.15, -0.1) is 0 Å². The predicted octanol–water partition coefficient (Wildman–Crippen LogP) is 3.22. The van der Waals surface area contributed by atoms with Gasteiger partial charge in [0.2, 0.25) is 0 Å². The molecule has 0 aromatic heterocycles. The first-order valence-corrected chi connectivity index (χ1v) is 6.80. The number of rotatable bonds is 5. The zero-order valence-corrected chi connectivity index (χ0v) is 12.1. The van der Waals surface area contributed by atoms with Crippen LogP contribution in [0.4, 0.5) is 4.39 Å². The maximum atomic E-state index is 13.4. The first kappa shape index (κ1) is 15.0. The predicted molar refractivity (Wildman–Crippen MR) is 79.5 cm³/mol. The minimum absolute atomic E-state index is 0.236. The Balaban J connectivity index is 1.87. The lowest BCUT2D eigenvalue weighted by atomic mass is 10.1. The lowest BCUT2D eigenvalue weighted by Gasteiger charge is -2.14. The van der Waals surface area contributed by atoms with E-state index in [1.165, 1.54) is 6.07 Å². The minimum atomic E-state index is -0.609. The normalized spacial score (nSPS) is 11.8. The number of hydrogen-bond acceptors (Lipinski definition) is 2. The van der Waals surface area contributed by atoms with Crippen molar-refractivity contribution < 1.29 is 13.9 Å². The summed E-state index contributed by atoms with van der Waals surface area (Å²) in [5, 5.41) is 2.74. The van der Waals surface area contributed by atoms with Crippen LogP contribution >= 0.6 is 0 Å². The maximum Gasteiger partial charge on any atom is 0.261 e. The van der Waals surface area contributed by atoms with Gasteiger partial charge in [-0.2, -0.15) is 0 Å². The summed E-state index contributed by atoms with van der Waals surface area (Å²) in [6.07, 6.45) is -0.609. The van der Waals surface area contributed by atoms with Crippen molar-refractivity contribution in [1.29, 1.82) is 0 Å². The molecule has 2 aromatic rings. The van der Waals surface area contributed by atoms with Gasteiger partial charge in [0.15, 0.2) is 6.10 Å². The van der Waals surface area contributed by atoms with Crippen LogP contribution in [0.15, 0.2) is 48.5 Å². The summed E-state index contributed by atoms with van der Waals surface area (Å²) >= 11 is 0. The first-order chi connectivity index (χ1) is 10.1. The fourth-order valence-electron chi connectivity index (χ4n) is 1.84. The van der Waals surface area contributed by atoms with E-state index in [1.54, 1.807) is 38.1 Å². The number of hydrogen-bond donors (Lipinski definition) is 1. The summed E-state index contributed by atoms with van der Waals surface area (Å²) in [5.41, 5.74) is 1.31. The number of nitrogens with one attached hydrogen (secondary N) is 1. The van der Waals surface area contributed by atoms with Crippen LogP contribution in [0.3, 0.4) is 0 Å². The van der Waals surface area contributed by atoms with Gasteiger partial charge in [-0.1, -0.05) is 30.3 Å². The summed E-state index contributed by atoms with van der Waals surface area (Å²) in [6, 6.07) is 14.1. The Bertz CT molecular complexity index is 613. The van der Waals surface area contributed by atoms with Crippen LogP contribution in [-0.4, -0.2) is 12.0 Å². The third-order valence-corrected chi connectivity index (χ3v) is 3.13. The highest BCUT2D eigenvalue weighted by molar-refractivity contribution is 5.80. The third-order valence-electron chi connectivity index (χ3n) is 3.13. The maximum absolute atomic E-state index is 13.4. The number of halogens is 1. The molecule has 0 saturated heterocycles. The number of carbonyl (C=O) groups is 1.